The zero-order valence-electron chi connectivity index (χ0n) is 14.8. The molecule has 0 unspecified atom stereocenters. The molecule has 7 nitrogen and oxygen atoms in total. The molecule has 0 aromatic carbocycles. The average molecular weight is 350 g/mol. The van der Waals surface area contributed by atoms with E-state index in [0.29, 0.717) is 11.5 Å². The highest BCUT2D eigenvalue weighted by Gasteiger charge is 2.14. The minimum absolute atomic E-state index is 0.00340. The van der Waals surface area contributed by atoms with Crippen molar-refractivity contribution < 1.29 is 4.79 Å². The van der Waals surface area contributed by atoms with Gasteiger partial charge in [0.05, 0.1) is 17.4 Å². The van der Waals surface area contributed by atoms with Crippen molar-refractivity contribution in [2.75, 3.05) is 0 Å². The smallest absolute Gasteiger partial charge is 0.287 e. The summed E-state index contributed by atoms with van der Waals surface area (Å²) in [5.41, 5.74) is 2.45. The van der Waals surface area contributed by atoms with Crippen LogP contribution in [0.3, 0.4) is 0 Å². The predicted molar refractivity (Wildman–Crippen MR) is 99.6 cm³/mol. The lowest BCUT2D eigenvalue weighted by molar-refractivity contribution is 0.0931. The third kappa shape index (κ3) is 3.37. The van der Waals surface area contributed by atoms with Crippen LogP contribution in [0.1, 0.15) is 48.3 Å². The number of fused-ring (bicyclic) bond motifs is 2. The van der Waals surface area contributed by atoms with Gasteiger partial charge in [0.1, 0.15) is 5.82 Å². The van der Waals surface area contributed by atoms with Crippen molar-refractivity contribution in [1.82, 2.24) is 29.8 Å². The Kier molecular flexibility index (Phi) is 4.51. The number of imidazole rings is 2. The van der Waals surface area contributed by atoms with Crippen molar-refractivity contribution in [2.24, 2.45) is 0 Å². The van der Waals surface area contributed by atoms with Crippen LogP contribution in [0.4, 0.5) is 0 Å². The lowest BCUT2D eigenvalue weighted by Crippen LogP contribution is -2.32. The number of aromatic amines is 1. The normalized spacial score (nSPS) is 15.3. The van der Waals surface area contributed by atoms with E-state index >= 15 is 0 Å². The number of hydrogen-bond acceptors (Lipinski definition) is 4. The van der Waals surface area contributed by atoms with E-state index < -0.39 is 0 Å². The first-order valence-electron chi connectivity index (χ1n) is 9.03. The Labute approximate surface area is 151 Å². The first-order chi connectivity index (χ1) is 12.7. The number of aryl methyl sites for hydroxylation is 1. The number of nitrogens with one attached hydrogen (secondary N) is 2. The van der Waals surface area contributed by atoms with Crippen molar-refractivity contribution in [1.29, 1.82) is 0 Å². The molecule has 1 aliphatic rings. The van der Waals surface area contributed by atoms with Crippen molar-refractivity contribution >= 4 is 23.1 Å². The number of carbonyl (C=O) groups is 1. The second-order valence-electron chi connectivity index (χ2n) is 6.68. The number of aromatic nitrogens is 5. The summed E-state index contributed by atoms with van der Waals surface area (Å²) in [5.74, 6) is 1.25. The number of amides is 1. The molecule has 1 aliphatic heterocycles. The summed E-state index contributed by atoms with van der Waals surface area (Å²) in [6.07, 6.45) is 12.0. The van der Waals surface area contributed by atoms with Crippen LogP contribution in [0.25, 0.3) is 17.2 Å². The van der Waals surface area contributed by atoms with Crippen LogP contribution < -0.4 is 5.32 Å². The first-order valence-corrected chi connectivity index (χ1v) is 9.03. The van der Waals surface area contributed by atoms with E-state index in [1.54, 1.807) is 6.20 Å². The second kappa shape index (κ2) is 7.11. The van der Waals surface area contributed by atoms with Gasteiger partial charge in [0, 0.05) is 25.2 Å². The topological polar surface area (TPSA) is 88.5 Å². The highest BCUT2D eigenvalue weighted by atomic mass is 16.2. The monoisotopic (exact) mass is 350 g/mol. The summed E-state index contributed by atoms with van der Waals surface area (Å²) in [7, 11) is 0. The van der Waals surface area contributed by atoms with Crippen molar-refractivity contribution in [2.45, 2.75) is 45.2 Å². The van der Waals surface area contributed by atoms with Crippen molar-refractivity contribution in [3.8, 4) is 0 Å². The minimum atomic E-state index is -0.217. The molecular weight excluding hydrogens is 328 g/mol. The third-order valence-electron chi connectivity index (χ3n) is 4.63. The fourth-order valence-corrected chi connectivity index (χ4v) is 3.27. The number of hydrogen-bond donors (Lipinski definition) is 2. The largest absolute Gasteiger partial charge is 0.347 e. The van der Waals surface area contributed by atoms with E-state index in [2.05, 4.69) is 42.0 Å². The summed E-state index contributed by atoms with van der Waals surface area (Å²) in [6.45, 7) is 3.02. The molecule has 134 valence electrons. The molecule has 4 rings (SSSR count). The number of nitrogens with zero attached hydrogens (tertiary/aromatic N) is 4. The van der Waals surface area contributed by atoms with Gasteiger partial charge in [-0.2, -0.15) is 0 Å². The predicted octanol–water partition coefficient (Wildman–Crippen LogP) is 2.71. The van der Waals surface area contributed by atoms with Gasteiger partial charge in [-0.15, -0.1) is 0 Å². The standard InChI is InChI=1S/C19H22N6O/c1-13(6-4-7-14-12-21-16-9-2-3-11-25(14)16)22-19(26)18-23-15-8-5-10-20-17(15)24-18/h4-5,7-8,10,12-13H,2-3,6,9,11H2,1H3,(H,22,26)(H,20,23,24)/b7-4+/t13-/m0/s1. The Morgan fingerprint density at radius 1 is 1.42 bits per heavy atom. The fraction of sp³-hybridized carbons (Fsp3) is 0.368. The van der Waals surface area contributed by atoms with Crippen LogP contribution in [0.2, 0.25) is 0 Å². The molecule has 26 heavy (non-hydrogen) atoms. The molecule has 2 N–H and O–H groups in total. The molecule has 7 heteroatoms. The maximum Gasteiger partial charge on any atom is 0.287 e. The van der Waals surface area contributed by atoms with Gasteiger partial charge < -0.3 is 14.9 Å². The molecule has 3 aromatic heterocycles. The lowest BCUT2D eigenvalue weighted by Gasteiger charge is -2.15. The summed E-state index contributed by atoms with van der Waals surface area (Å²) < 4.78 is 2.28. The molecule has 1 atom stereocenters. The van der Waals surface area contributed by atoms with Gasteiger partial charge in [-0.05, 0) is 44.4 Å². The number of pyridine rings is 1. The van der Waals surface area contributed by atoms with Gasteiger partial charge in [0.25, 0.3) is 5.91 Å². The van der Waals surface area contributed by atoms with E-state index in [1.807, 2.05) is 25.3 Å². The number of rotatable bonds is 5. The van der Waals surface area contributed by atoms with Gasteiger partial charge >= 0.3 is 0 Å². The van der Waals surface area contributed by atoms with Crippen LogP contribution in [-0.2, 0) is 13.0 Å². The van der Waals surface area contributed by atoms with Crippen LogP contribution >= 0.6 is 0 Å². The molecule has 0 aliphatic carbocycles. The van der Waals surface area contributed by atoms with E-state index in [9.17, 15) is 4.79 Å². The highest BCUT2D eigenvalue weighted by molar-refractivity contribution is 5.93. The Morgan fingerprint density at radius 3 is 3.23 bits per heavy atom. The molecule has 0 spiro atoms. The number of H-pyrrole nitrogens is 1. The van der Waals surface area contributed by atoms with Crippen LogP contribution in [0.15, 0.2) is 30.6 Å². The summed E-state index contributed by atoms with van der Waals surface area (Å²) in [5, 5.41) is 2.97. The Morgan fingerprint density at radius 2 is 2.35 bits per heavy atom. The molecule has 0 radical (unpaired) electrons. The molecule has 0 saturated carbocycles. The molecule has 0 bridgehead atoms. The maximum absolute atomic E-state index is 12.3. The van der Waals surface area contributed by atoms with E-state index in [-0.39, 0.29) is 11.9 Å². The van der Waals surface area contributed by atoms with Crippen molar-refractivity contribution in [3.05, 3.63) is 47.9 Å². The molecular formula is C19H22N6O. The van der Waals surface area contributed by atoms with Gasteiger partial charge in [-0.3, -0.25) is 4.79 Å². The zero-order valence-corrected chi connectivity index (χ0v) is 14.8. The minimum Gasteiger partial charge on any atom is -0.347 e. The molecule has 3 aromatic rings. The van der Waals surface area contributed by atoms with E-state index in [4.69, 9.17) is 0 Å². The average Bonchev–Trinajstić information content (AvgIpc) is 3.26. The Balaban J connectivity index is 1.35. The van der Waals surface area contributed by atoms with Gasteiger partial charge in [-0.1, -0.05) is 6.08 Å². The Bertz CT molecular complexity index is 921. The van der Waals surface area contributed by atoms with Gasteiger partial charge in [0.2, 0.25) is 0 Å². The SMILES string of the molecule is C[C@@H](C/C=C/c1cnc2n1CCCC2)NC(=O)c1nc2ncccc2[nH]1. The number of carbonyl (C=O) groups excluding carboxylic acids is 1. The van der Waals surface area contributed by atoms with Gasteiger partial charge in [0.15, 0.2) is 11.5 Å². The third-order valence-corrected chi connectivity index (χ3v) is 4.63. The molecule has 4 heterocycles. The van der Waals surface area contributed by atoms with Crippen molar-refractivity contribution in [3.63, 3.8) is 0 Å². The Hall–Kier alpha value is -2.96. The summed E-state index contributed by atoms with van der Waals surface area (Å²) in [4.78, 5) is 28.2. The lowest BCUT2D eigenvalue weighted by atomic mass is 10.1. The summed E-state index contributed by atoms with van der Waals surface area (Å²) in [6, 6.07) is 3.67. The van der Waals surface area contributed by atoms with Gasteiger partial charge in [-0.25, -0.2) is 15.0 Å². The second-order valence-corrected chi connectivity index (χ2v) is 6.68. The molecule has 0 saturated heterocycles. The quantitative estimate of drug-likeness (QED) is 0.740. The summed E-state index contributed by atoms with van der Waals surface area (Å²) >= 11 is 0. The van der Waals surface area contributed by atoms with Crippen LogP contribution in [0, 0.1) is 0 Å². The molecule has 1 amide bonds. The van der Waals surface area contributed by atoms with E-state index in [1.165, 1.54) is 18.7 Å². The van der Waals surface area contributed by atoms with Crippen LogP contribution in [0.5, 0.6) is 0 Å². The van der Waals surface area contributed by atoms with E-state index in [0.717, 1.165) is 30.6 Å². The van der Waals surface area contributed by atoms with Crippen LogP contribution in [-0.4, -0.2) is 36.5 Å². The zero-order chi connectivity index (χ0) is 17.9. The fourth-order valence-electron chi connectivity index (χ4n) is 3.27. The maximum atomic E-state index is 12.3. The molecule has 0 fully saturated rings. The highest BCUT2D eigenvalue weighted by Crippen LogP contribution is 2.17. The first kappa shape index (κ1) is 16.5.